The Bertz CT molecular complexity index is 1270. The normalized spacial score (nSPS) is 20.2. The molecule has 2 aromatic heterocycles. The van der Waals surface area contributed by atoms with Crippen LogP contribution < -0.4 is 5.32 Å². The Morgan fingerprint density at radius 1 is 1.14 bits per heavy atom. The van der Waals surface area contributed by atoms with Gasteiger partial charge in [0.05, 0.1) is 11.7 Å². The molecule has 5 rings (SSSR count). The number of benzene rings is 1. The molecule has 3 atom stereocenters. The highest BCUT2D eigenvalue weighted by atomic mass is 19.1. The van der Waals surface area contributed by atoms with E-state index < -0.39 is 6.04 Å². The number of pyridine rings is 1. The molecule has 0 spiro atoms. The molecule has 2 amide bonds. The molecule has 2 fully saturated rings. The first-order valence-electron chi connectivity index (χ1n) is 13.4. The fourth-order valence-electron chi connectivity index (χ4n) is 5.51. The fourth-order valence-corrected chi connectivity index (χ4v) is 5.51. The van der Waals surface area contributed by atoms with Crippen molar-refractivity contribution in [2.75, 3.05) is 19.8 Å². The van der Waals surface area contributed by atoms with E-state index >= 15 is 0 Å². The number of likely N-dealkylation sites (tertiary alicyclic amines) is 1. The molecular formula is C29H35FN4O3. The molecule has 196 valence electrons. The highest BCUT2D eigenvalue weighted by Crippen LogP contribution is 2.35. The summed E-state index contributed by atoms with van der Waals surface area (Å²) < 4.78 is 22.0. The summed E-state index contributed by atoms with van der Waals surface area (Å²) in [5, 5.41) is 3.10. The summed E-state index contributed by atoms with van der Waals surface area (Å²) in [5.41, 5.74) is 2.65. The average Bonchev–Trinajstić information content (AvgIpc) is 3.59. The number of ether oxygens (including phenoxy) is 1. The van der Waals surface area contributed by atoms with E-state index in [1.165, 1.54) is 6.07 Å². The van der Waals surface area contributed by atoms with Crippen LogP contribution in [0, 0.1) is 17.7 Å². The minimum atomic E-state index is -0.572. The predicted molar refractivity (Wildman–Crippen MR) is 139 cm³/mol. The lowest BCUT2D eigenvalue weighted by molar-refractivity contribution is -0.140. The van der Waals surface area contributed by atoms with E-state index in [1.807, 2.05) is 53.7 Å². The van der Waals surface area contributed by atoms with Crippen LogP contribution >= 0.6 is 0 Å². The largest absolute Gasteiger partial charge is 0.381 e. The maximum atomic E-state index is 14.6. The number of rotatable bonds is 7. The highest BCUT2D eigenvalue weighted by molar-refractivity contribution is 5.89. The fraction of sp³-hybridized carbons (Fsp3) is 0.483. The van der Waals surface area contributed by atoms with E-state index in [2.05, 4.69) is 5.32 Å². The van der Waals surface area contributed by atoms with Crippen LogP contribution in [0.3, 0.4) is 0 Å². The van der Waals surface area contributed by atoms with Gasteiger partial charge in [-0.1, -0.05) is 32.0 Å². The molecule has 0 saturated carbocycles. The Morgan fingerprint density at radius 3 is 2.65 bits per heavy atom. The lowest BCUT2D eigenvalue weighted by Crippen LogP contribution is -2.54. The number of halogens is 1. The summed E-state index contributed by atoms with van der Waals surface area (Å²) in [5.74, 6) is -0.527. The standard InChI is InChI=1S/C29H35FN4O3/c1-3-19(2)28(35)32-26(20-12-16-37-17-13-20)29(36)34-15-7-11-25(34)24-18-33-14-6-9-22(27(33)31-24)21-8-4-5-10-23(21)30/h4-6,8-10,14,18-20,25-26H,3,7,11-13,15-17H2,1-2H3,(H,32,35)/t19-,25+,26+/m1/s1. The van der Waals surface area contributed by atoms with Crippen molar-refractivity contribution >= 4 is 17.5 Å². The summed E-state index contributed by atoms with van der Waals surface area (Å²) >= 11 is 0. The van der Waals surface area contributed by atoms with E-state index in [4.69, 9.17) is 9.72 Å². The van der Waals surface area contributed by atoms with Crippen LogP contribution in [-0.4, -0.2) is 51.9 Å². The molecule has 37 heavy (non-hydrogen) atoms. The van der Waals surface area contributed by atoms with Crippen LogP contribution in [0.2, 0.25) is 0 Å². The number of hydrogen-bond acceptors (Lipinski definition) is 4. The number of nitrogens with zero attached hydrogens (tertiary/aromatic N) is 3. The summed E-state index contributed by atoms with van der Waals surface area (Å²) in [6.45, 7) is 5.69. The van der Waals surface area contributed by atoms with Crippen LogP contribution in [0.5, 0.6) is 0 Å². The molecule has 0 radical (unpaired) electrons. The number of imidazole rings is 1. The second-order valence-electron chi connectivity index (χ2n) is 10.2. The molecular weight excluding hydrogens is 471 g/mol. The summed E-state index contributed by atoms with van der Waals surface area (Å²) in [4.78, 5) is 33.7. The number of carbonyl (C=O) groups excluding carboxylic acids is 2. The second kappa shape index (κ2) is 11.0. The van der Waals surface area contributed by atoms with Crippen molar-refractivity contribution in [3.05, 3.63) is 60.3 Å². The van der Waals surface area contributed by atoms with Gasteiger partial charge in [0.2, 0.25) is 11.8 Å². The Labute approximate surface area is 217 Å². The van der Waals surface area contributed by atoms with Gasteiger partial charge in [-0.05, 0) is 56.2 Å². The zero-order valence-corrected chi connectivity index (χ0v) is 21.5. The Hall–Kier alpha value is -3.26. The van der Waals surface area contributed by atoms with Gasteiger partial charge in [0.15, 0.2) is 0 Å². The van der Waals surface area contributed by atoms with Crippen molar-refractivity contribution in [3.63, 3.8) is 0 Å². The lowest BCUT2D eigenvalue weighted by atomic mass is 9.90. The third-order valence-electron chi connectivity index (χ3n) is 7.90. The van der Waals surface area contributed by atoms with Crippen molar-refractivity contribution in [3.8, 4) is 11.1 Å². The topological polar surface area (TPSA) is 75.9 Å². The zero-order valence-electron chi connectivity index (χ0n) is 21.5. The van der Waals surface area contributed by atoms with Crippen LogP contribution in [-0.2, 0) is 14.3 Å². The molecule has 3 aromatic rings. The zero-order chi connectivity index (χ0) is 25.9. The number of aromatic nitrogens is 2. The van der Waals surface area contributed by atoms with Crippen molar-refractivity contribution in [1.29, 1.82) is 0 Å². The average molecular weight is 507 g/mol. The van der Waals surface area contributed by atoms with Crippen molar-refractivity contribution < 1.29 is 18.7 Å². The third-order valence-corrected chi connectivity index (χ3v) is 7.90. The molecule has 0 unspecified atom stereocenters. The van der Waals surface area contributed by atoms with E-state index in [-0.39, 0.29) is 35.5 Å². The van der Waals surface area contributed by atoms with Gasteiger partial charge >= 0.3 is 0 Å². The molecule has 8 heteroatoms. The molecule has 2 saturated heterocycles. The third kappa shape index (κ3) is 5.12. The van der Waals surface area contributed by atoms with Crippen LogP contribution in [0.25, 0.3) is 16.8 Å². The van der Waals surface area contributed by atoms with E-state index in [0.717, 1.165) is 37.8 Å². The smallest absolute Gasteiger partial charge is 0.246 e. The SMILES string of the molecule is CC[C@@H](C)C(=O)N[C@H](C(=O)N1CCC[C@H]1c1cn2cccc(-c3ccccc3F)c2n1)C1CCOCC1. The number of carbonyl (C=O) groups is 2. The van der Waals surface area contributed by atoms with Crippen LogP contribution in [0.1, 0.15) is 57.7 Å². The van der Waals surface area contributed by atoms with Gasteiger partial charge in [-0.25, -0.2) is 9.37 Å². The van der Waals surface area contributed by atoms with Gasteiger partial charge < -0.3 is 19.4 Å². The molecule has 1 aromatic carbocycles. The monoisotopic (exact) mass is 506 g/mol. The Morgan fingerprint density at radius 2 is 1.89 bits per heavy atom. The summed E-state index contributed by atoms with van der Waals surface area (Å²) in [6.07, 6.45) is 7.71. The van der Waals surface area contributed by atoms with Gasteiger partial charge in [0.1, 0.15) is 17.5 Å². The van der Waals surface area contributed by atoms with Crippen molar-refractivity contribution in [2.24, 2.45) is 11.8 Å². The highest BCUT2D eigenvalue weighted by Gasteiger charge is 2.40. The molecule has 7 nitrogen and oxygen atoms in total. The van der Waals surface area contributed by atoms with E-state index in [0.29, 0.717) is 36.5 Å². The van der Waals surface area contributed by atoms with Gasteiger partial charge in [-0.15, -0.1) is 0 Å². The molecule has 1 N–H and O–H groups in total. The van der Waals surface area contributed by atoms with Gasteiger partial charge in [-0.2, -0.15) is 0 Å². The maximum Gasteiger partial charge on any atom is 0.246 e. The van der Waals surface area contributed by atoms with Gasteiger partial charge in [-0.3, -0.25) is 9.59 Å². The number of nitrogens with one attached hydrogen (secondary N) is 1. The first-order chi connectivity index (χ1) is 18.0. The van der Waals surface area contributed by atoms with E-state index in [9.17, 15) is 14.0 Å². The minimum absolute atomic E-state index is 0.0440. The van der Waals surface area contributed by atoms with E-state index in [1.54, 1.807) is 12.1 Å². The maximum absolute atomic E-state index is 14.6. The molecule has 0 bridgehead atoms. The molecule has 2 aliphatic rings. The second-order valence-corrected chi connectivity index (χ2v) is 10.2. The lowest BCUT2D eigenvalue weighted by Gasteiger charge is -2.35. The van der Waals surface area contributed by atoms with Crippen LogP contribution in [0.15, 0.2) is 48.8 Å². The van der Waals surface area contributed by atoms with Crippen LogP contribution in [0.4, 0.5) is 4.39 Å². The number of hydrogen-bond donors (Lipinski definition) is 1. The Kier molecular flexibility index (Phi) is 7.55. The Balaban J connectivity index is 1.45. The van der Waals surface area contributed by atoms with Crippen molar-refractivity contribution in [2.45, 2.75) is 58.0 Å². The summed E-state index contributed by atoms with van der Waals surface area (Å²) in [6, 6.07) is 9.67. The quantitative estimate of drug-likeness (QED) is 0.501. The number of amides is 2. The summed E-state index contributed by atoms with van der Waals surface area (Å²) in [7, 11) is 0. The van der Waals surface area contributed by atoms with Gasteiger partial charge in [0, 0.05) is 49.2 Å². The minimum Gasteiger partial charge on any atom is -0.381 e. The predicted octanol–water partition coefficient (Wildman–Crippen LogP) is 4.76. The van der Waals surface area contributed by atoms with Gasteiger partial charge in [0.25, 0.3) is 0 Å². The first-order valence-corrected chi connectivity index (χ1v) is 13.4. The number of fused-ring (bicyclic) bond motifs is 1. The molecule has 4 heterocycles. The molecule has 0 aliphatic carbocycles. The first kappa shape index (κ1) is 25.4. The van der Waals surface area contributed by atoms with Crippen molar-refractivity contribution in [1.82, 2.24) is 19.6 Å². The molecule has 2 aliphatic heterocycles.